The highest BCUT2D eigenvalue weighted by molar-refractivity contribution is 5.27. The van der Waals surface area contributed by atoms with Crippen molar-refractivity contribution in [2.75, 3.05) is 6.54 Å². The van der Waals surface area contributed by atoms with Crippen molar-refractivity contribution in [2.24, 2.45) is 11.8 Å². The normalized spacial score (nSPS) is 24.0. The van der Waals surface area contributed by atoms with E-state index in [0.29, 0.717) is 6.04 Å². The molecule has 2 nitrogen and oxygen atoms in total. The van der Waals surface area contributed by atoms with Crippen molar-refractivity contribution >= 4 is 0 Å². The molecule has 2 heteroatoms. The minimum absolute atomic E-state index is 0.521. The Labute approximate surface area is 130 Å². The van der Waals surface area contributed by atoms with Gasteiger partial charge in [-0.25, -0.2) is 0 Å². The molecule has 1 aliphatic carbocycles. The monoisotopic (exact) mass is 288 g/mol. The van der Waals surface area contributed by atoms with Gasteiger partial charge in [-0.05, 0) is 54.8 Å². The first-order chi connectivity index (χ1) is 10.3. The molecule has 3 atom stereocenters. The molecule has 21 heavy (non-hydrogen) atoms. The highest BCUT2D eigenvalue weighted by atomic mass is 14.9. The van der Waals surface area contributed by atoms with Crippen LogP contribution < -0.4 is 5.32 Å². The Morgan fingerprint density at radius 1 is 1.24 bits per heavy atom. The molecular formula is C19H32N2. The summed E-state index contributed by atoms with van der Waals surface area (Å²) in [5, 5.41) is 3.87. The van der Waals surface area contributed by atoms with Crippen molar-refractivity contribution in [3.05, 3.63) is 29.6 Å². The molecule has 0 spiro atoms. The third kappa shape index (κ3) is 4.06. The first kappa shape index (κ1) is 16.5. The third-order valence-electron chi connectivity index (χ3n) is 5.19. The fourth-order valence-electron chi connectivity index (χ4n) is 4.01. The zero-order valence-corrected chi connectivity index (χ0v) is 14.1. The predicted molar refractivity (Wildman–Crippen MR) is 90.4 cm³/mol. The molecule has 1 saturated carbocycles. The number of hydrogen-bond acceptors (Lipinski definition) is 2. The van der Waals surface area contributed by atoms with Gasteiger partial charge in [-0.1, -0.05) is 46.5 Å². The highest BCUT2D eigenvalue weighted by Gasteiger charge is 2.32. The van der Waals surface area contributed by atoms with E-state index < -0.39 is 0 Å². The lowest BCUT2D eigenvalue weighted by Gasteiger charge is -2.38. The molecule has 2 rings (SSSR count). The Hall–Kier alpha value is -0.890. The molecule has 0 amide bonds. The molecule has 118 valence electrons. The molecule has 1 fully saturated rings. The average molecular weight is 288 g/mol. The summed E-state index contributed by atoms with van der Waals surface area (Å²) in [5.41, 5.74) is 2.93. The van der Waals surface area contributed by atoms with Gasteiger partial charge in [0.1, 0.15) is 0 Å². The van der Waals surface area contributed by atoms with E-state index >= 15 is 0 Å². The smallest absolute Gasteiger partial charge is 0.0355 e. The van der Waals surface area contributed by atoms with E-state index in [1.807, 2.05) is 6.20 Å². The van der Waals surface area contributed by atoms with E-state index in [0.717, 1.165) is 24.8 Å². The van der Waals surface area contributed by atoms with Crippen molar-refractivity contribution in [1.82, 2.24) is 10.3 Å². The van der Waals surface area contributed by atoms with Crippen LogP contribution in [0.5, 0.6) is 0 Å². The van der Waals surface area contributed by atoms with Crippen LogP contribution in [0.2, 0.25) is 0 Å². The van der Waals surface area contributed by atoms with Gasteiger partial charge in [0.05, 0.1) is 0 Å². The second-order valence-electron chi connectivity index (χ2n) is 6.48. The fraction of sp³-hybridized carbons (Fsp3) is 0.737. The summed E-state index contributed by atoms with van der Waals surface area (Å²) in [7, 11) is 0. The van der Waals surface area contributed by atoms with Crippen LogP contribution in [0.25, 0.3) is 0 Å². The van der Waals surface area contributed by atoms with E-state index in [1.165, 1.54) is 49.7 Å². The molecule has 0 radical (unpaired) electrons. The van der Waals surface area contributed by atoms with E-state index in [9.17, 15) is 0 Å². The van der Waals surface area contributed by atoms with Crippen LogP contribution in [0.4, 0.5) is 0 Å². The molecule has 1 aromatic heterocycles. The van der Waals surface area contributed by atoms with Gasteiger partial charge in [0, 0.05) is 18.4 Å². The number of nitrogens with zero attached hydrogens (tertiary/aromatic N) is 1. The van der Waals surface area contributed by atoms with Gasteiger partial charge < -0.3 is 5.32 Å². The molecule has 3 unspecified atom stereocenters. The van der Waals surface area contributed by atoms with E-state index in [1.54, 1.807) is 0 Å². The van der Waals surface area contributed by atoms with Crippen molar-refractivity contribution < 1.29 is 0 Å². The molecule has 1 N–H and O–H groups in total. The van der Waals surface area contributed by atoms with Crippen LogP contribution >= 0.6 is 0 Å². The summed E-state index contributed by atoms with van der Waals surface area (Å²) in [6.07, 6.45) is 13.3. The minimum atomic E-state index is 0.521. The number of aryl methyl sites for hydroxylation is 1. The Kier molecular flexibility index (Phi) is 6.69. The number of nitrogens with one attached hydrogen (secondary N) is 1. The topological polar surface area (TPSA) is 24.9 Å². The summed E-state index contributed by atoms with van der Waals surface area (Å²) in [6, 6.07) is 2.78. The lowest BCUT2D eigenvalue weighted by Crippen LogP contribution is -2.35. The first-order valence-corrected chi connectivity index (χ1v) is 8.97. The van der Waals surface area contributed by atoms with Gasteiger partial charge in [0.15, 0.2) is 0 Å². The lowest BCUT2D eigenvalue weighted by atomic mass is 9.72. The first-order valence-electron chi connectivity index (χ1n) is 8.97. The zero-order chi connectivity index (χ0) is 15.1. The Morgan fingerprint density at radius 2 is 2.05 bits per heavy atom. The summed E-state index contributed by atoms with van der Waals surface area (Å²) in [4.78, 5) is 4.34. The molecule has 1 aromatic rings. The number of rotatable bonds is 7. The maximum atomic E-state index is 4.34. The summed E-state index contributed by atoms with van der Waals surface area (Å²) in [5.74, 6) is 1.67. The van der Waals surface area contributed by atoms with Crippen molar-refractivity contribution in [2.45, 2.75) is 71.8 Å². The summed E-state index contributed by atoms with van der Waals surface area (Å²) in [6.45, 7) is 7.99. The fourth-order valence-corrected chi connectivity index (χ4v) is 4.01. The quantitative estimate of drug-likeness (QED) is 0.772. The second-order valence-corrected chi connectivity index (χ2v) is 6.48. The van der Waals surface area contributed by atoms with Gasteiger partial charge in [-0.3, -0.25) is 4.98 Å². The van der Waals surface area contributed by atoms with E-state index in [4.69, 9.17) is 0 Å². The van der Waals surface area contributed by atoms with Crippen LogP contribution in [-0.2, 0) is 6.42 Å². The minimum Gasteiger partial charge on any atom is -0.310 e. The number of aromatic nitrogens is 1. The maximum absolute atomic E-state index is 4.34. The molecule has 1 heterocycles. The van der Waals surface area contributed by atoms with Gasteiger partial charge >= 0.3 is 0 Å². The largest absolute Gasteiger partial charge is 0.310 e. The Bertz CT molecular complexity index is 416. The number of pyridine rings is 1. The van der Waals surface area contributed by atoms with Gasteiger partial charge in [0.2, 0.25) is 0 Å². The maximum Gasteiger partial charge on any atom is 0.0355 e. The molecular weight excluding hydrogens is 256 g/mol. The van der Waals surface area contributed by atoms with Crippen LogP contribution in [0.15, 0.2) is 18.5 Å². The Balaban J connectivity index is 2.28. The van der Waals surface area contributed by atoms with Crippen molar-refractivity contribution in [1.29, 1.82) is 0 Å². The zero-order valence-electron chi connectivity index (χ0n) is 14.1. The Morgan fingerprint density at radius 3 is 2.76 bits per heavy atom. The molecule has 1 aliphatic rings. The van der Waals surface area contributed by atoms with E-state index in [-0.39, 0.29) is 0 Å². The van der Waals surface area contributed by atoms with Crippen LogP contribution in [0.3, 0.4) is 0 Å². The third-order valence-corrected chi connectivity index (χ3v) is 5.19. The van der Waals surface area contributed by atoms with E-state index in [2.05, 4.69) is 43.3 Å². The molecule has 0 saturated heterocycles. The van der Waals surface area contributed by atoms with Crippen molar-refractivity contribution in [3.8, 4) is 0 Å². The van der Waals surface area contributed by atoms with Crippen molar-refractivity contribution in [3.63, 3.8) is 0 Å². The number of hydrogen-bond donors (Lipinski definition) is 1. The predicted octanol–water partition coefficient (Wildman–Crippen LogP) is 4.90. The van der Waals surface area contributed by atoms with Gasteiger partial charge in [-0.15, -0.1) is 0 Å². The van der Waals surface area contributed by atoms with Crippen LogP contribution in [0, 0.1) is 11.8 Å². The SMILES string of the molecule is CCCNC(c1ccncc1CC)C1CCCCC1CC. The summed E-state index contributed by atoms with van der Waals surface area (Å²) >= 11 is 0. The van der Waals surface area contributed by atoms with Gasteiger partial charge in [-0.2, -0.15) is 0 Å². The lowest BCUT2D eigenvalue weighted by molar-refractivity contribution is 0.175. The molecule has 0 aliphatic heterocycles. The standard InChI is InChI=1S/C19H32N2/c1-4-12-21-19(17-10-8-7-9-15(17)5-2)18-11-13-20-14-16(18)6-3/h11,13-15,17,19,21H,4-10,12H2,1-3H3. The highest BCUT2D eigenvalue weighted by Crippen LogP contribution is 2.41. The summed E-state index contributed by atoms with van der Waals surface area (Å²) < 4.78 is 0. The average Bonchev–Trinajstić information content (AvgIpc) is 2.56. The van der Waals surface area contributed by atoms with Crippen LogP contribution in [0.1, 0.15) is 76.5 Å². The molecule has 0 aromatic carbocycles. The molecule has 0 bridgehead atoms. The van der Waals surface area contributed by atoms with Crippen LogP contribution in [-0.4, -0.2) is 11.5 Å². The second kappa shape index (κ2) is 8.53. The van der Waals surface area contributed by atoms with Gasteiger partial charge in [0.25, 0.3) is 0 Å².